The van der Waals surface area contributed by atoms with Crippen molar-refractivity contribution in [2.45, 2.75) is 31.7 Å². The lowest BCUT2D eigenvalue weighted by atomic mass is 10.00. The zero-order chi connectivity index (χ0) is 21.2. The van der Waals surface area contributed by atoms with Crippen molar-refractivity contribution in [3.05, 3.63) is 64.7 Å². The molecule has 2 aromatic rings. The van der Waals surface area contributed by atoms with Crippen LogP contribution >= 0.6 is 0 Å². The van der Waals surface area contributed by atoms with Crippen LogP contribution in [0.3, 0.4) is 0 Å². The lowest BCUT2D eigenvalue weighted by molar-refractivity contribution is 0.0939. The SMILES string of the molecule is Cc1ccc([C@H](C)NC(=O)c2cccc(S(=O)(=O)N3CCN(C)CC3)c2)c(C)c1. The van der Waals surface area contributed by atoms with Crippen molar-refractivity contribution in [1.82, 2.24) is 14.5 Å². The van der Waals surface area contributed by atoms with E-state index in [1.54, 1.807) is 18.2 Å². The molecule has 1 aliphatic heterocycles. The third-order valence-electron chi connectivity index (χ3n) is 5.44. The number of carbonyl (C=O) groups excluding carboxylic acids is 1. The van der Waals surface area contributed by atoms with Gasteiger partial charge in [0, 0.05) is 31.7 Å². The maximum absolute atomic E-state index is 13.0. The summed E-state index contributed by atoms with van der Waals surface area (Å²) < 4.78 is 27.4. The largest absolute Gasteiger partial charge is 0.346 e. The minimum absolute atomic E-state index is 0.161. The van der Waals surface area contributed by atoms with Gasteiger partial charge >= 0.3 is 0 Å². The Balaban J connectivity index is 1.77. The van der Waals surface area contributed by atoms with Crippen molar-refractivity contribution in [2.24, 2.45) is 0 Å². The zero-order valence-electron chi connectivity index (χ0n) is 17.5. The molecule has 0 unspecified atom stereocenters. The molecule has 0 aliphatic carbocycles. The molecule has 0 saturated carbocycles. The van der Waals surface area contributed by atoms with E-state index in [-0.39, 0.29) is 16.8 Å². The van der Waals surface area contributed by atoms with Crippen molar-refractivity contribution < 1.29 is 13.2 Å². The number of nitrogens with zero attached hydrogens (tertiary/aromatic N) is 2. The van der Waals surface area contributed by atoms with Crippen LogP contribution in [0, 0.1) is 13.8 Å². The van der Waals surface area contributed by atoms with Crippen LogP contribution in [0.4, 0.5) is 0 Å². The molecule has 0 bridgehead atoms. The molecule has 1 aliphatic rings. The first-order valence-corrected chi connectivity index (χ1v) is 11.3. The van der Waals surface area contributed by atoms with Gasteiger partial charge in [0.1, 0.15) is 0 Å². The highest BCUT2D eigenvalue weighted by Crippen LogP contribution is 2.21. The summed E-state index contributed by atoms with van der Waals surface area (Å²) in [6, 6.07) is 12.2. The lowest BCUT2D eigenvalue weighted by Crippen LogP contribution is -2.47. The number of carbonyl (C=O) groups is 1. The Morgan fingerprint density at radius 3 is 2.38 bits per heavy atom. The topological polar surface area (TPSA) is 69.7 Å². The highest BCUT2D eigenvalue weighted by atomic mass is 32.2. The highest BCUT2D eigenvalue weighted by Gasteiger charge is 2.28. The molecule has 1 saturated heterocycles. The summed E-state index contributed by atoms with van der Waals surface area (Å²) in [5, 5.41) is 2.98. The molecule has 6 nitrogen and oxygen atoms in total. The quantitative estimate of drug-likeness (QED) is 0.815. The number of piperazine rings is 1. The highest BCUT2D eigenvalue weighted by molar-refractivity contribution is 7.89. The van der Waals surface area contributed by atoms with Crippen LogP contribution in [0.15, 0.2) is 47.4 Å². The fourth-order valence-electron chi connectivity index (χ4n) is 3.64. The van der Waals surface area contributed by atoms with Crippen molar-refractivity contribution in [2.75, 3.05) is 33.2 Å². The summed E-state index contributed by atoms with van der Waals surface area (Å²) in [6.07, 6.45) is 0. The van der Waals surface area contributed by atoms with E-state index in [1.165, 1.54) is 15.9 Å². The first kappa shape index (κ1) is 21.5. The first-order chi connectivity index (χ1) is 13.7. The summed E-state index contributed by atoms with van der Waals surface area (Å²) in [5.74, 6) is -0.284. The smallest absolute Gasteiger partial charge is 0.251 e. The van der Waals surface area contributed by atoms with Crippen molar-refractivity contribution in [1.29, 1.82) is 0 Å². The molecule has 29 heavy (non-hydrogen) atoms. The summed E-state index contributed by atoms with van der Waals surface area (Å²) in [5.41, 5.74) is 3.68. The summed E-state index contributed by atoms with van der Waals surface area (Å²) in [6.45, 7) is 8.30. The van der Waals surface area contributed by atoms with Crippen LogP contribution in [-0.2, 0) is 10.0 Å². The Morgan fingerprint density at radius 2 is 1.72 bits per heavy atom. The minimum Gasteiger partial charge on any atom is -0.346 e. The van der Waals surface area contributed by atoms with E-state index in [0.29, 0.717) is 31.7 Å². The van der Waals surface area contributed by atoms with E-state index in [9.17, 15) is 13.2 Å². The second-order valence-electron chi connectivity index (χ2n) is 7.79. The van der Waals surface area contributed by atoms with Gasteiger partial charge in [0.15, 0.2) is 0 Å². The summed E-state index contributed by atoms with van der Waals surface area (Å²) >= 11 is 0. The van der Waals surface area contributed by atoms with Crippen LogP contribution in [-0.4, -0.2) is 56.8 Å². The number of amides is 1. The number of rotatable bonds is 5. The van der Waals surface area contributed by atoms with E-state index >= 15 is 0 Å². The summed E-state index contributed by atoms with van der Waals surface area (Å²) in [4.78, 5) is 15.0. The van der Waals surface area contributed by atoms with Gasteiger partial charge in [0.2, 0.25) is 10.0 Å². The van der Waals surface area contributed by atoms with E-state index < -0.39 is 10.0 Å². The van der Waals surface area contributed by atoms with Crippen molar-refractivity contribution >= 4 is 15.9 Å². The third-order valence-corrected chi connectivity index (χ3v) is 7.33. The zero-order valence-corrected chi connectivity index (χ0v) is 18.3. The molecule has 3 rings (SSSR count). The average Bonchev–Trinajstić information content (AvgIpc) is 2.68. The Morgan fingerprint density at radius 1 is 1.03 bits per heavy atom. The standard InChI is InChI=1S/C22H29N3O3S/c1-16-8-9-21(17(2)14-16)18(3)23-22(26)19-6-5-7-20(15-19)29(27,28)25-12-10-24(4)11-13-25/h5-9,14-15,18H,10-13H2,1-4H3,(H,23,26)/t18-/m0/s1. The summed E-state index contributed by atoms with van der Waals surface area (Å²) in [7, 11) is -1.63. The second kappa shape index (κ2) is 8.65. The molecule has 1 amide bonds. The van der Waals surface area contributed by atoms with Gasteiger partial charge in [-0.05, 0) is 57.1 Å². The number of aryl methyl sites for hydroxylation is 2. The van der Waals surface area contributed by atoms with Crippen molar-refractivity contribution in [3.63, 3.8) is 0 Å². The van der Waals surface area contributed by atoms with Crippen LogP contribution < -0.4 is 5.32 Å². The van der Waals surface area contributed by atoms with Gasteiger partial charge in [-0.1, -0.05) is 29.8 Å². The van der Waals surface area contributed by atoms with Gasteiger partial charge in [0.25, 0.3) is 5.91 Å². The van der Waals surface area contributed by atoms with Gasteiger partial charge < -0.3 is 10.2 Å². The van der Waals surface area contributed by atoms with E-state index in [1.807, 2.05) is 40.0 Å². The minimum atomic E-state index is -3.61. The van der Waals surface area contributed by atoms with Gasteiger partial charge in [-0.3, -0.25) is 4.79 Å². The molecule has 1 atom stereocenters. The number of likely N-dealkylation sites (N-methyl/N-ethyl adjacent to an activating group) is 1. The van der Waals surface area contributed by atoms with Gasteiger partial charge in [-0.25, -0.2) is 8.42 Å². The van der Waals surface area contributed by atoms with Crippen LogP contribution in [0.1, 0.15) is 40.0 Å². The number of sulfonamides is 1. The van der Waals surface area contributed by atoms with Crippen LogP contribution in [0.5, 0.6) is 0 Å². The molecule has 0 aromatic heterocycles. The fraction of sp³-hybridized carbons (Fsp3) is 0.409. The number of hydrogen-bond acceptors (Lipinski definition) is 4. The predicted molar refractivity (Wildman–Crippen MR) is 114 cm³/mol. The molecule has 0 spiro atoms. The van der Waals surface area contributed by atoms with E-state index in [0.717, 1.165) is 11.1 Å². The Hall–Kier alpha value is -2.22. The second-order valence-corrected chi connectivity index (χ2v) is 9.73. The van der Waals surface area contributed by atoms with Gasteiger partial charge in [0.05, 0.1) is 10.9 Å². The Labute approximate surface area is 173 Å². The molecule has 7 heteroatoms. The van der Waals surface area contributed by atoms with E-state index in [4.69, 9.17) is 0 Å². The lowest BCUT2D eigenvalue weighted by Gasteiger charge is -2.31. The number of benzene rings is 2. The molecule has 156 valence electrons. The Kier molecular flexibility index (Phi) is 6.41. The molecule has 0 radical (unpaired) electrons. The first-order valence-electron chi connectivity index (χ1n) is 9.85. The Bertz CT molecular complexity index is 996. The predicted octanol–water partition coefficient (Wildman–Crippen LogP) is 2.73. The normalized spacial score (nSPS) is 17.1. The van der Waals surface area contributed by atoms with E-state index in [2.05, 4.69) is 16.3 Å². The monoisotopic (exact) mass is 415 g/mol. The molecule has 1 N–H and O–H groups in total. The maximum Gasteiger partial charge on any atom is 0.251 e. The number of nitrogens with one attached hydrogen (secondary N) is 1. The molecular weight excluding hydrogens is 386 g/mol. The van der Waals surface area contributed by atoms with Crippen LogP contribution in [0.25, 0.3) is 0 Å². The molecule has 2 aromatic carbocycles. The third kappa shape index (κ3) is 4.86. The van der Waals surface area contributed by atoms with Gasteiger partial charge in [-0.2, -0.15) is 4.31 Å². The fourth-order valence-corrected chi connectivity index (χ4v) is 5.11. The number of hydrogen-bond donors (Lipinski definition) is 1. The average molecular weight is 416 g/mol. The maximum atomic E-state index is 13.0. The van der Waals surface area contributed by atoms with Crippen molar-refractivity contribution in [3.8, 4) is 0 Å². The molecular formula is C22H29N3O3S. The molecule has 1 fully saturated rings. The van der Waals surface area contributed by atoms with Gasteiger partial charge in [-0.15, -0.1) is 0 Å². The molecule has 1 heterocycles. The van der Waals surface area contributed by atoms with Crippen LogP contribution in [0.2, 0.25) is 0 Å².